The molecule has 0 saturated heterocycles. The van der Waals surface area contributed by atoms with Gasteiger partial charge in [0.1, 0.15) is 0 Å². The number of methoxy groups -OCH3 is 1. The summed E-state index contributed by atoms with van der Waals surface area (Å²) in [4.78, 5) is 12.5. The fraction of sp³-hybridized carbons (Fsp3) is 0.938. The van der Waals surface area contributed by atoms with Gasteiger partial charge < -0.3 is 9.47 Å². The second kappa shape index (κ2) is 5.82. The average molecular weight is 270 g/mol. The molecule has 0 aromatic carbocycles. The van der Waals surface area contributed by atoms with Crippen LogP contribution >= 0.6 is 0 Å². The van der Waals surface area contributed by atoms with Crippen LogP contribution in [0.5, 0.6) is 0 Å². The van der Waals surface area contributed by atoms with Gasteiger partial charge in [-0.05, 0) is 38.5 Å². The van der Waals surface area contributed by atoms with Crippen LogP contribution in [0.2, 0.25) is 0 Å². The monoisotopic (exact) mass is 270 g/mol. The van der Waals surface area contributed by atoms with Crippen LogP contribution in [0.3, 0.4) is 0 Å². The van der Waals surface area contributed by atoms with Crippen molar-refractivity contribution in [3.63, 3.8) is 0 Å². The Hall–Kier alpha value is -0.570. The number of hydrogen-bond acceptors (Lipinski definition) is 3. The van der Waals surface area contributed by atoms with Crippen molar-refractivity contribution in [1.29, 1.82) is 0 Å². The molecule has 0 aromatic rings. The predicted octanol–water partition coefficient (Wildman–Crippen LogP) is 4.30. The van der Waals surface area contributed by atoms with E-state index in [1.165, 1.54) is 6.42 Å². The summed E-state index contributed by atoms with van der Waals surface area (Å²) in [6.45, 7) is 10.4. The standard InChI is InChI=1S/C16H30O3/c1-14(2,3)12-15(4,5)13(17)19-16(18-6)10-8-7-9-11-16/h7-12H2,1-6H3. The molecule has 0 amide bonds. The van der Waals surface area contributed by atoms with Gasteiger partial charge in [0.2, 0.25) is 5.79 Å². The van der Waals surface area contributed by atoms with Crippen LogP contribution in [0.4, 0.5) is 0 Å². The highest BCUT2D eigenvalue weighted by Gasteiger charge is 2.41. The van der Waals surface area contributed by atoms with E-state index in [-0.39, 0.29) is 11.4 Å². The molecule has 1 saturated carbocycles. The third kappa shape index (κ3) is 4.79. The summed E-state index contributed by atoms with van der Waals surface area (Å²) in [5.74, 6) is -0.809. The van der Waals surface area contributed by atoms with E-state index in [0.717, 1.165) is 32.1 Å². The number of hydrogen-bond donors (Lipinski definition) is 0. The Morgan fingerprint density at radius 1 is 1.05 bits per heavy atom. The molecular formula is C16H30O3. The maximum atomic E-state index is 12.5. The van der Waals surface area contributed by atoms with Gasteiger partial charge in [-0.25, -0.2) is 0 Å². The van der Waals surface area contributed by atoms with Crippen LogP contribution in [-0.4, -0.2) is 18.9 Å². The Morgan fingerprint density at radius 3 is 2.00 bits per heavy atom. The maximum absolute atomic E-state index is 12.5. The predicted molar refractivity (Wildman–Crippen MR) is 76.8 cm³/mol. The molecule has 0 aromatic heterocycles. The van der Waals surface area contributed by atoms with Crippen molar-refractivity contribution in [3.05, 3.63) is 0 Å². The molecular weight excluding hydrogens is 240 g/mol. The summed E-state index contributed by atoms with van der Waals surface area (Å²) in [5, 5.41) is 0. The van der Waals surface area contributed by atoms with Crippen LogP contribution in [0.1, 0.15) is 73.1 Å². The second-order valence-electron chi connectivity index (χ2n) is 7.69. The van der Waals surface area contributed by atoms with Gasteiger partial charge in [0.05, 0.1) is 5.41 Å². The zero-order chi connectivity index (χ0) is 14.7. The number of esters is 1. The van der Waals surface area contributed by atoms with Crippen molar-refractivity contribution in [2.75, 3.05) is 7.11 Å². The van der Waals surface area contributed by atoms with Gasteiger partial charge in [-0.2, -0.15) is 0 Å². The minimum atomic E-state index is -0.676. The molecule has 0 atom stereocenters. The molecule has 1 aliphatic carbocycles. The molecule has 1 fully saturated rings. The van der Waals surface area contributed by atoms with Crippen molar-refractivity contribution >= 4 is 5.97 Å². The molecule has 0 spiro atoms. The molecule has 3 nitrogen and oxygen atoms in total. The first-order chi connectivity index (χ1) is 8.60. The minimum absolute atomic E-state index is 0.106. The fourth-order valence-corrected chi connectivity index (χ4v) is 3.14. The smallest absolute Gasteiger partial charge is 0.314 e. The highest BCUT2D eigenvalue weighted by atomic mass is 16.7. The van der Waals surface area contributed by atoms with Crippen molar-refractivity contribution in [2.24, 2.45) is 10.8 Å². The second-order valence-corrected chi connectivity index (χ2v) is 7.69. The maximum Gasteiger partial charge on any atom is 0.314 e. The first-order valence-electron chi connectivity index (χ1n) is 7.39. The van der Waals surface area contributed by atoms with E-state index < -0.39 is 11.2 Å². The molecule has 3 heteroatoms. The Bertz CT molecular complexity index is 306. The van der Waals surface area contributed by atoms with Gasteiger partial charge in [-0.15, -0.1) is 0 Å². The van der Waals surface area contributed by atoms with Gasteiger partial charge in [-0.1, -0.05) is 27.2 Å². The summed E-state index contributed by atoms with van der Waals surface area (Å²) in [7, 11) is 1.65. The Labute approximate surface area is 118 Å². The molecule has 0 bridgehead atoms. The van der Waals surface area contributed by atoms with E-state index in [9.17, 15) is 4.79 Å². The summed E-state index contributed by atoms with van der Waals surface area (Å²) in [6.07, 6.45) is 5.79. The Kier molecular flexibility index (Phi) is 5.05. The first-order valence-corrected chi connectivity index (χ1v) is 7.39. The molecule has 0 heterocycles. The molecule has 19 heavy (non-hydrogen) atoms. The highest BCUT2D eigenvalue weighted by Crippen LogP contribution is 2.38. The Morgan fingerprint density at radius 2 is 1.58 bits per heavy atom. The normalized spacial score (nSPS) is 20.1. The summed E-state index contributed by atoms with van der Waals surface area (Å²) in [6, 6.07) is 0. The highest BCUT2D eigenvalue weighted by molar-refractivity contribution is 5.76. The zero-order valence-electron chi connectivity index (χ0n) is 13.5. The minimum Gasteiger partial charge on any atom is -0.433 e. The zero-order valence-corrected chi connectivity index (χ0v) is 13.5. The third-order valence-electron chi connectivity index (χ3n) is 3.79. The average Bonchev–Trinajstić information content (AvgIpc) is 2.27. The van der Waals surface area contributed by atoms with E-state index in [2.05, 4.69) is 20.8 Å². The largest absolute Gasteiger partial charge is 0.433 e. The molecule has 0 radical (unpaired) electrons. The van der Waals surface area contributed by atoms with E-state index in [4.69, 9.17) is 9.47 Å². The lowest BCUT2D eigenvalue weighted by molar-refractivity contribution is -0.241. The number of carbonyl (C=O) groups excluding carboxylic acids is 1. The van der Waals surface area contributed by atoms with Gasteiger partial charge in [-0.3, -0.25) is 4.79 Å². The molecule has 0 unspecified atom stereocenters. The van der Waals surface area contributed by atoms with E-state index in [1.54, 1.807) is 7.11 Å². The number of carbonyl (C=O) groups is 1. The van der Waals surface area contributed by atoms with Crippen LogP contribution in [0.15, 0.2) is 0 Å². The van der Waals surface area contributed by atoms with Gasteiger partial charge in [0.15, 0.2) is 0 Å². The summed E-state index contributed by atoms with van der Waals surface area (Å²) >= 11 is 0. The molecule has 1 aliphatic rings. The lowest BCUT2D eigenvalue weighted by Crippen LogP contribution is -2.43. The fourth-order valence-electron chi connectivity index (χ4n) is 3.14. The molecule has 1 rings (SSSR count). The van der Waals surface area contributed by atoms with E-state index in [1.807, 2.05) is 13.8 Å². The first kappa shape index (κ1) is 16.5. The van der Waals surface area contributed by atoms with Gasteiger partial charge in [0.25, 0.3) is 0 Å². The quantitative estimate of drug-likeness (QED) is 0.564. The molecule has 112 valence electrons. The number of rotatable bonds is 4. The van der Waals surface area contributed by atoms with E-state index >= 15 is 0 Å². The van der Waals surface area contributed by atoms with Crippen LogP contribution in [0.25, 0.3) is 0 Å². The number of ether oxygens (including phenoxy) is 2. The van der Waals surface area contributed by atoms with Crippen LogP contribution in [0, 0.1) is 10.8 Å². The van der Waals surface area contributed by atoms with Gasteiger partial charge >= 0.3 is 5.97 Å². The van der Waals surface area contributed by atoms with Crippen LogP contribution in [-0.2, 0) is 14.3 Å². The summed E-state index contributed by atoms with van der Waals surface area (Å²) in [5.41, 5.74) is -0.365. The summed E-state index contributed by atoms with van der Waals surface area (Å²) < 4.78 is 11.3. The third-order valence-corrected chi connectivity index (χ3v) is 3.79. The van der Waals surface area contributed by atoms with E-state index in [0.29, 0.717) is 0 Å². The van der Waals surface area contributed by atoms with Gasteiger partial charge in [0, 0.05) is 20.0 Å². The molecule has 0 aliphatic heterocycles. The molecule has 0 N–H and O–H groups in total. The van der Waals surface area contributed by atoms with Crippen molar-refractivity contribution in [2.45, 2.75) is 78.9 Å². The van der Waals surface area contributed by atoms with Crippen LogP contribution < -0.4 is 0 Å². The van der Waals surface area contributed by atoms with Crippen molar-refractivity contribution in [1.82, 2.24) is 0 Å². The topological polar surface area (TPSA) is 35.5 Å². The SMILES string of the molecule is COC1(OC(=O)C(C)(C)CC(C)(C)C)CCCCC1. The lowest BCUT2D eigenvalue weighted by atomic mass is 9.76. The Balaban J connectivity index is 2.71. The van der Waals surface area contributed by atoms with Crippen molar-refractivity contribution in [3.8, 4) is 0 Å². The van der Waals surface area contributed by atoms with Crippen molar-refractivity contribution < 1.29 is 14.3 Å². The lowest BCUT2D eigenvalue weighted by Gasteiger charge is -2.39.